The fourth-order valence-electron chi connectivity index (χ4n) is 1.57. The molecule has 1 aliphatic carbocycles. The van der Waals surface area contributed by atoms with Crippen LogP contribution in [-0.2, 0) is 15.0 Å². The summed E-state index contributed by atoms with van der Waals surface area (Å²) in [5.41, 5.74) is -1.79. The Kier molecular flexibility index (Phi) is 2.84. The van der Waals surface area contributed by atoms with Gasteiger partial charge in [0.2, 0.25) is 0 Å². The average Bonchev–Trinajstić information content (AvgIpc) is 1.77. The van der Waals surface area contributed by atoms with E-state index in [0.717, 1.165) is 7.11 Å². The van der Waals surface area contributed by atoms with Gasteiger partial charge in [-0.25, -0.2) is 8.78 Å². The van der Waals surface area contributed by atoms with E-state index < -0.39 is 27.5 Å². The second-order valence-electron chi connectivity index (χ2n) is 3.44. The lowest BCUT2D eigenvalue weighted by Crippen LogP contribution is -2.57. The van der Waals surface area contributed by atoms with Crippen LogP contribution in [0.2, 0.25) is 0 Å². The van der Waals surface area contributed by atoms with Crippen LogP contribution in [0.4, 0.5) is 12.7 Å². The molecule has 0 radical (unpaired) electrons. The summed E-state index contributed by atoms with van der Waals surface area (Å²) in [5.74, 6) is -5.46. The molecule has 0 aromatic heterocycles. The van der Waals surface area contributed by atoms with Gasteiger partial charge in [0.15, 0.2) is 0 Å². The lowest BCUT2D eigenvalue weighted by atomic mass is 9.75. The summed E-state index contributed by atoms with van der Waals surface area (Å²) in [5, 5.41) is 0. The fourth-order valence-corrected chi connectivity index (χ4v) is 2.26. The topological polar surface area (TPSA) is 43.4 Å². The van der Waals surface area contributed by atoms with E-state index in [1.165, 1.54) is 0 Å². The molecule has 0 spiro atoms. The van der Waals surface area contributed by atoms with Crippen LogP contribution in [0.25, 0.3) is 0 Å². The number of hydrogen-bond acceptors (Lipinski definition) is 3. The summed E-state index contributed by atoms with van der Waals surface area (Å²) in [4.78, 5) is 0. The molecular weight excluding hydrogens is 221 g/mol. The first-order chi connectivity index (χ1) is 6.22. The number of hydrogen-bond donors (Lipinski definition) is 0. The fraction of sp³-hybridized carbons (Fsp3) is 1.00. The zero-order valence-electron chi connectivity index (χ0n) is 7.60. The second kappa shape index (κ2) is 3.37. The van der Waals surface area contributed by atoms with Gasteiger partial charge in [-0.05, 0) is 19.3 Å². The van der Waals surface area contributed by atoms with Crippen molar-refractivity contribution >= 4 is 10.2 Å². The molecule has 0 unspecified atom stereocenters. The summed E-state index contributed by atoms with van der Waals surface area (Å²) < 4.78 is 63.6. The van der Waals surface area contributed by atoms with E-state index in [2.05, 4.69) is 4.74 Å². The van der Waals surface area contributed by atoms with Gasteiger partial charge in [-0.15, -0.1) is 3.89 Å². The molecule has 7 heteroatoms. The average molecular weight is 232 g/mol. The molecule has 0 amide bonds. The van der Waals surface area contributed by atoms with Gasteiger partial charge in [0.1, 0.15) is 11.4 Å². The lowest BCUT2D eigenvalue weighted by Gasteiger charge is -2.45. The maximum Gasteiger partial charge on any atom is 0.308 e. The molecular formula is C7H11F3O3S. The molecule has 0 N–H and O–H groups in total. The number of ether oxygens (including phenoxy) is 1. The standard InChI is InChI=1S/C7H11F3O3S/c1-13-6(3-2-4-6)7(8,9)5-14(10,11)12/h2-5H2,1H3. The van der Waals surface area contributed by atoms with Crippen molar-refractivity contribution in [2.75, 3.05) is 12.9 Å². The zero-order chi connectivity index (χ0) is 11.0. The van der Waals surface area contributed by atoms with Gasteiger partial charge in [0.25, 0.3) is 5.92 Å². The Morgan fingerprint density at radius 3 is 2.14 bits per heavy atom. The molecule has 0 aliphatic heterocycles. The molecule has 1 rings (SSSR count). The molecule has 1 fully saturated rings. The van der Waals surface area contributed by atoms with E-state index in [1.807, 2.05) is 0 Å². The highest BCUT2D eigenvalue weighted by atomic mass is 32.3. The minimum absolute atomic E-state index is 0.0615. The molecule has 0 heterocycles. The van der Waals surface area contributed by atoms with E-state index in [1.54, 1.807) is 0 Å². The maximum atomic E-state index is 13.3. The SMILES string of the molecule is COC1(C(F)(F)CS(=O)(=O)F)CCC1. The predicted molar refractivity (Wildman–Crippen MR) is 43.4 cm³/mol. The molecule has 3 nitrogen and oxygen atoms in total. The first-order valence-corrected chi connectivity index (χ1v) is 5.63. The summed E-state index contributed by atoms with van der Waals surface area (Å²) >= 11 is 0. The van der Waals surface area contributed by atoms with Crippen LogP contribution in [0.3, 0.4) is 0 Å². The zero-order valence-corrected chi connectivity index (χ0v) is 8.41. The largest absolute Gasteiger partial charge is 0.372 e. The Labute approximate surface area is 80.5 Å². The van der Waals surface area contributed by atoms with E-state index in [-0.39, 0.29) is 12.8 Å². The highest BCUT2D eigenvalue weighted by molar-refractivity contribution is 7.86. The molecule has 0 saturated heterocycles. The molecule has 0 bridgehead atoms. The third-order valence-corrected chi connectivity index (χ3v) is 3.28. The van der Waals surface area contributed by atoms with Gasteiger partial charge in [0.05, 0.1) is 0 Å². The smallest absolute Gasteiger partial charge is 0.308 e. The molecule has 14 heavy (non-hydrogen) atoms. The van der Waals surface area contributed by atoms with Gasteiger partial charge >= 0.3 is 10.2 Å². The maximum absolute atomic E-state index is 13.3. The van der Waals surface area contributed by atoms with Crippen LogP contribution in [0.15, 0.2) is 0 Å². The summed E-state index contributed by atoms with van der Waals surface area (Å²) in [6, 6.07) is 0. The van der Waals surface area contributed by atoms with Gasteiger partial charge in [-0.2, -0.15) is 8.42 Å². The van der Waals surface area contributed by atoms with Crippen molar-refractivity contribution in [2.45, 2.75) is 30.8 Å². The van der Waals surface area contributed by atoms with E-state index in [4.69, 9.17) is 0 Å². The van der Waals surface area contributed by atoms with Crippen molar-refractivity contribution in [3.05, 3.63) is 0 Å². The Morgan fingerprint density at radius 2 is 1.93 bits per heavy atom. The van der Waals surface area contributed by atoms with E-state index in [9.17, 15) is 21.1 Å². The molecule has 0 atom stereocenters. The first-order valence-electron chi connectivity index (χ1n) is 4.08. The third-order valence-electron chi connectivity index (χ3n) is 2.57. The number of alkyl halides is 2. The van der Waals surface area contributed by atoms with Gasteiger partial charge in [-0.1, -0.05) is 0 Å². The Hall–Kier alpha value is -0.300. The van der Waals surface area contributed by atoms with E-state index in [0.29, 0.717) is 6.42 Å². The number of rotatable bonds is 4. The third kappa shape index (κ3) is 2.03. The lowest BCUT2D eigenvalue weighted by molar-refractivity contribution is -0.220. The van der Waals surface area contributed by atoms with Crippen molar-refractivity contribution in [1.82, 2.24) is 0 Å². The summed E-state index contributed by atoms with van der Waals surface area (Å²) in [6.45, 7) is 0. The Balaban J connectivity index is 2.83. The highest BCUT2D eigenvalue weighted by Gasteiger charge is 2.59. The monoisotopic (exact) mass is 232 g/mol. The molecule has 0 aromatic carbocycles. The highest BCUT2D eigenvalue weighted by Crippen LogP contribution is 2.47. The van der Waals surface area contributed by atoms with Crippen molar-refractivity contribution in [3.63, 3.8) is 0 Å². The molecule has 1 saturated carbocycles. The minimum Gasteiger partial charge on any atom is -0.372 e. The summed E-state index contributed by atoms with van der Waals surface area (Å²) in [7, 11) is -4.10. The van der Waals surface area contributed by atoms with Crippen molar-refractivity contribution < 1.29 is 25.8 Å². The van der Waals surface area contributed by atoms with Crippen LogP contribution in [0, 0.1) is 0 Å². The predicted octanol–water partition coefficient (Wildman–Crippen LogP) is 1.49. The number of halogens is 3. The quantitative estimate of drug-likeness (QED) is 0.690. The minimum atomic E-state index is -5.18. The van der Waals surface area contributed by atoms with Crippen molar-refractivity contribution in [3.8, 4) is 0 Å². The van der Waals surface area contributed by atoms with Gasteiger partial charge in [-0.3, -0.25) is 0 Å². The second-order valence-corrected chi connectivity index (χ2v) is 4.81. The first kappa shape index (κ1) is 11.8. The van der Waals surface area contributed by atoms with Crippen LogP contribution < -0.4 is 0 Å². The molecule has 84 valence electrons. The van der Waals surface area contributed by atoms with Crippen LogP contribution in [0.1, 0.15) is 19.3 Å². The van der Waals surface area contributed by atoms with Crippen molar-refractivity contribution in [1.29, 1.82) is 0 Å². The Morgan fingerprint density at radius 1 is 1.43 bits per heavy atom. The van der Waals surface area contributed by atoms with Gasteiger partial charge < -0.3 is 4.74 Å². The van der Waals surface area contributed by atoms with E-state index >= 15 is 0 Å². The van der Waals surface area contributed by atoms with Gasteiger partial charge in [0, 0.05) is 7.11 Å². The van der Waals surface area contributed by atoms with Crippen molar-refractivity contribution in [2.24, 2.45) is 0 Å². The molecule has 1 aliphatic rings. The van der Waals surface area contributed by atoms with Crippen LogP contribution >= 0.6 is 0 Å². The Bertz CT molecular complexity index is 303. The van der Waals surface area contributed by atoms with Crippen LogP contribution in [0.5, 0.6) is 0 Å². The van der Waals surface area contributed by atoms with Crippen LogP contribution in [-0.4, -0.2) is 32.8 Å². The summed E-state index contributed by atoms with van der Waals surface area (Å²) in [6.07, 6.45) is 0.661. The molecule has 0 aromatic rings. The number of methoxy groups -OCH3 is 1. The normalized spacial score (nSPS) is 21.7.